The highest BCUT2D eigenvalue weighted by Crippen LogP contribution is 2.52. The van der Waals surface area contributed by atoms with Crippen molar-refractivity contribution >= 4 is 23.5 Å². The number of benzene rings is 1. The summed E-state index contributed by atoms with van der Waals surface area (Å²) in [5, 5.41) is 18.7. The number of hydrogen-bond donors (Lipinski definition) is 2. The van der Waals surface area contributed by atoms with E-state index in [1.807, 2.05) is 0 Å². The molecule has 1 aromatic carbocycles. The third-order valence-electron chi connectivity index (χ3n) is 4.75. The molecule has 0 aliphatic carbocycles. The second-order valence-corrected chi connectivity index (χ2v) is 5.93. The Kier molecular flexibility index (Phi) is 2.76. The number of carbonyl (C=O) groups is 3. The van der Waals surface area contributed by atoms with Crippen molar-refractivity contribution in [2.45, 2.75) is 11.7 Å². The van der Waals surface area contributed by atoms with Crippen LogP contribution in [0.25, 0.3) is 0 Å². The van der Waals surface area contributed by atoms with Gasteiger partial charge in [0.25, 0.3) is 0 Å². The zero-order valence-electron chi connectivity index (χ0n) is 11.9. The normalized spacial score (nSPS) is 34.3. The first-order chi connectivity index (χ1) is 11.0. The number of fused-ring (bicyclic) bond motifs is 5. The summed E-state index contributed by atoms with van der Waals surface area (Å²) in [7, 11) is 0. The number of aromatic carboxylic acids is 1. The van der Waals surface area contributed by atoms with Crippen LogP contribution in [0.5, 0.6) is 0 Å². The molecule has 1 aromatic rings. The highest BCUT2D eigenvalue weighted by molar-refractivity contribution is 6.23. The fourth-order valence-electron chi connectivity index (χ4n) is 3.72. The van der Waals surface area contributed by atoms with Crippen LogP contribution in [0, 0.1) is 11.8 Å². The number of imide groups is 1. The number of carboxylic acids is 1. The molecule has 4 atom stereocenters. The molecule has 23 heavy (non-hydrogen) atoms. The van der Waals surface area contributed by atoms with E-state index in [0.717, 1.165) is 4.90 Å². The first-order valence-corrected chi connectivity index (χ1v) is 7.18. The summed E-state index contributed by atoms with van der Waals surface area (Å²) in [4.78, 5) is 37.6. The van der Waals surface area contributed by atoms with Crippen molar-refractivity contribution in [1.82, 2.24) is 0 Å². The molecule has 0 aromatic heterocycles. The molecule has 2 fully saturated rings. The van der Waals surface area contributed by atoms with Gasteiger partial charge in [-0.3, -0.25) is 9.59 Å². The molecule has 2 amide bonds. The van der Waals surface area contributed by atoms with Crippen LogP contribution in [0.15, 0.2) is 36.4 Å². The minimum atomic E-state index is -1.15. The van der Waals surface area contributed by atoms with E-state index in [2.05, 4.69) is 0 Å². The molecule has 2 bridgehead atoms. The van der Waals surface area contributed by atoms with Gasteiger partial charge in [-0.05, 0) is 18.2 Å². The van der Waals surface area contributed by atoms with Crippen molar-refractivity contribution in [2.75, 3.05) is 11.5 Å². The van der Waals surface area contributed by atoms with Gasteiger partial charge in [-0.15, -0.1) is 0 Å². The van der Waals surface area contributed by atoms with Gasteiger partial charge in [0, 0.05) is 0 Å². The maximum absolute atomic E-state index is 12.8. The summed E-state index contributed by atoms with van der Waals surface area (Å²) < 4.78 is 5.64. The molecule has 0 spiro atoms. The molecule has 0 saturated carbocycles. The van der Waals surface area contributed by atoms with Crippen molar-refractivity contribution in [2.24, 2.45) is 11.8 Å². The molecule has 7 heteroatoms. The zero-order chi connectivity index (χ0) is 16.4. The van der Waals surface area contributed by atoms with E-state index < -0.39 is 41.3 Å². The predicted molar refractivity (Wildman–Crippen MR) is 76.7 cm³/mol. The third-order valence-corrected chi connectivity index (χ3v) is 4.75. The lowest BCUT2D eigenvalue weighted by molar-refractivity contribution is -0.128. The van der Waals surface area contributed by atoms with E-state index in [9.17, 15) is 19.5 Å². The van der Waals surface area contributed by atoms with Gasteiger partial charge < -0.3 is 14.9 Å². The van der Waals surface area contributed by atoms with Crippen LogP contribution in [0.1, 0.15) is 10.4 Å². The lowest BCUT2D eigenvalue weighted by Crippen LogP contribution is -2.43. The van der Waals surface area contributed by atoms with Crippen LogP contribution in [0.3, 0.4) is 0 Å². The monoisotopic (exact) mass is 315 g/mol. The summed E-state index contributed by atoms with van der Waals surface area (Å²) in [5.74, 6) is -3.48. The maximum atomic E-state index is 12.8. The Morgan fingerprint density at radius 3 is 2.78 bits per heavy atom. The molecule has 3 heterocycles. The van der Waals surface area contributed by atoms with Crippen LogP contribution in [-0.4, -0.2) is 46.3 Å². The number of aliphatic hydroxyl groups is 1. The van der Waals surface area contributed by atoms with Gasteiger partial charge in [-0.25, -0.2) is 9.69 Å². The Morgan fingerprint density at radius 1 is 1.30 bits per heavy atom. The second-order valence-electron chi connectivity index (χ2n) is 5.93. The zero-order valence-corrected chi connectivity index (χ0v) is 11.9. The predicted octanol–water partition coefficient (Wildman–Crippen LogP) is 0.190. The van der Waals surface area contributed by atoms with Gasteiger partial charge in [0.05, 0.1) is 35.8 Å². The van der Waals surface area contributed by atoms with Crippen molar-refractivity contribution < 1.29 is 29.3 Å². The number of anilines is 1. The Hall–Kier alpha value is -2.51. The van der Waals surface area contributed by atoms with Crippen molar-refractivity contribution in [3.05, 3.63) is 42.0 Å². The number of rotatable bonds is 3. The number of nitrogens with zero attached hydrogens (tertiary/aromatic N) is 1. The minimum absolute atomic E-state index is 0.00521. The van der Waals surface area contributed by atoms with Crippen LogP contribution in [0.4, 0.5) is 5.69 Å². The molecule has 3 aliphatic rings. The number of ether oxygens (including phenoxy) is 1. The molecular formula is C16H13NO6. The number of aliphatic hydroxyl groups excluding tert-OH is 1. The molecule has 3 aliphatic heterocycles. The first kappa shape index (κ1) is 14.1. The molecule has 2 saturated heterocycles. The quantitative estimate of drug-likeness (QED) is 0.609. The average Bonchev–Trinajstić information content (AvgIpc) is 3.18. The van der Waals surface area contributed by atoms with Gasteiger partial charge in [0.2, 0.25) is 11.8 Å². The van der Waals surface area contributed by atoms with E-state index in [1.165, 1.54) is 24.3 Å². The van der Waals surface area contributed by atoms with Gasteiger partial charge in [0.1, 0.15) is 5.60 Å². The number of amides is 2. The lowest BCUT2D eigenvalue weighted by Gasteiger charge is -2.26. The van der Waals surface area contributed by atoms with Crippen LogP contribution < -0.4 is 4.90 Å². The van der Waals surface area contributed by atoms with Crippen molar-refractivity contribution in [1.29, 1.82) is 0 Å². The standard InChI is InChI=1S/C16H13NO6/c18-7-16-5-4-10(23-16)11-12(16)14(20)17(13(11)19)9-3-1-2-8(6-9)15(21)22/h1-6,10-12,18H,7H2,(H,21,22)/t10-,11+,12-,16+/m0/s1. The summed E-state index contributed by atoms with van der Waals surface area (Å²) in [6.07, 6.45) is 2.80. The Labute approximate surface area is 130 Å². The highest BCUT2D eigenvalue weighted by atomic mass is 16.5. The lowest BCUT2D eigenvalue weighted by atomic mass is 9.77. The van der Waals surface area contributed by atoms with Gasteiger partial charge in [-0.2, -0.15) is 0 Å². The summed E-state index contributed by atoms with van der Waals surface area (Å²) in [6.45, 7) is -0.386. The molecule has 2 N–H and O–H groups in total. The number of carbonyl (C=O) groups excluding carboxylic acids is 2. The molecule has 0 radical (unpaired) electrons. The summed E-state index contributed by atoms with van der Waals surface area (Å²) in [6, 6.07) is 5.69. The Bertz CT molecular complexity index is 772. The van der Waals surface area contributed by atoms with Gasteiger partial charge >= 0.3 is 5.97 Å². The number of carboxylic acid groups (broad SMARTS) is 1. The van der Waals surface area contributed by atoms with Crippen molar-refractivity contribution in [3.63, 3.8) is 0 Å². The van der Waals surface area contributed by atoms with Crippen LogP contribution in [-0.2, 0) is 14.3 Å². The maximum Gasteiger partial charge on any atom is 0.335 e. The summed E-state index contributed by atoms with van der Waals surface area (Å²) >= 11 is 0. The minimum Gasteiger partial charge on any atom is -0.478 e. The molecule has 0 unspecified atom stereocenters. The third kappa shape index (κ3) is 1.68. The first-order valence-electron chi connectivity index (χ1n) is 7.18. The fourth-order valence-corrected chi connectivity index (χ4v) is 3.72. The number of hydrogen-bond acceptors (Lipinski definition) is 5. The fraction of sp³-hybridized carbons (Fsp3) is 0.312. The molecular weight excluding hydrogens is 302 g/mol. The van der Waals surface area contributed by atoms with E-state index in [-0.39, 0.29) is 17.9 Å². The van der Waals surface area contributed by atoms with Crippen LogP contribution in [0.2, 0.25) is 0 Å². The summed E-state index contributed by atoms with van der Waals surface area (Å²) in [5.41, 5.74) is -0.933. The largest absolute Gasteiger partial charge is 0.478 e. The van der Waals surface area contributed by atoms with E-state index in [4.69, 9.17) is 9.84 Å². The average molecular weight is 315 g/mol. The highest BCUT2D eigenvalue weighted by Gasteiger charge is 2.67. The topological polar surface area (TPSA) is 104 Å². The Balaban J connectivity index is 1.76. The molecule has 7 nitrogen and oxygen atoms in total. The smallest absolute Gasteiger partial charge is 0.335 e. The molecule has 4 rings (SSSR count). The van der Waals surface area contributed by atoms with E-state index in [1.54, 1.807) is 12.2 Å². The van der Waals surface area contributed by atoms with E-state index in [0.29, 0.717) is 0 Å². The van der Waals surface area contributed by atoms with Gasteiger partial charge in [-0.1, -0.05) is 18.2 Å². The van der Waals surface area contributed by atoms with Crippen LogP contribution >= 0.6 is 0 Å². The SMILES string of the molecule is O=C(O)c1cccc(N2C(=O)[C@@H]3[C@@H]4C=C[C@](CO)(O4)[C@@H]3C2=O)c1. The van der Waals surface area contributed by atoms with Crippen molar-refractivity contribution in [3.8, 4) is 0 Å². The van der Waals surface area contributed by atoms with E-state index >= 15 is 0 Å². The van der Waals surface area contributed by atoms with Gasteiger partial charge in [0.15, 0.2) is 0 Å². The Morgan fingerprint density at radius 2 is 2.09 bits per heavy atom. The molecule has 118 valence electrons. The second kappa shape index (κ2) is 4.50.